The van der Waals surface area contributed by atoms with Gasteiger partial charge in [0, 0.05) is 30.3 Å². The van der Waals surface area contributed by atoms with Crippen LogP contribution < -0.4 is 10.1 Å². The molecule has 34 heavy (non-hydrogen) atoms. The van der Waals surface area contributed by atoms with Crippen LogP contribution in [0.25, 0.3) is 0 Å². The third-order valence-corrected chi connectivity index (χ3v) is 5.89. The maximum Gasteiger partial charge on any atom is 0.333 e. The van der Waals surface area contributed by atoms with E-state index in [-0.39, 0.29) is 12.5 Å². The van der Waals surface area contributed by atoms with Crippen molar-refractivity contribution in [1.82, 2.24) is 4.90 Å². The smallest absolute Gasteiger partial charge is 0.333 e. The van der Waals surface area contributed by atoms with Gasteiger partial charge in [-0.2, -0.15) is 0 Å². The first-order valence-electron chi connectivity index (χ1n) is 11.7. The Hall–Kier alpha value is -2.77. The molecule has 1 unspecified atom stereocenters. The van der Waals surface area contributed by atoms with Crippen molar-refractivity contribution in [2.45, 2.75) is 46.1 Å². The summed E-state index contributed by atoms with van der Waals surface area (Å²) in [6, 6.07) is 14.1. The van der Waals surface area contributed by atoms with E-state index in [0.717, 1.165) is 18.4 Å². The number of carboxylic acid groups (broad SMARTS) is 1. The molecule has 0 radical (unpaired) electrons. The molecular weight excluding hydrogens is 456 g/mol. The lowest BCUT2D eigenvalue weighted by Gasteiger charge is -2.27. The number of amides is 2. The summed E-state index contributed by atoms with van der Waals surface area (Å²) in [5, 5.41) is 12.8. The quantitative estimate of drug-likeness (QED) is 0.353. The van der Waals surface area contributed by atoms with Crippen LogP contribution in [0, 0.1) is 5.92 Å². The number of urea groups is 1. The Balaban J connectivity index is 1.95. The van der Waals surface area contributed by atoms with Gasteiger partial charge in [0.2, 0.25) is 0 Å². The first kappa shape index (κ1) is 27.5. The summed E-state index contributed by atoms with van der Waals surface area (Å²) >= 11 is 5.93. The van der Waals surface area contributed by atoms with E-state index in [4.69, 9.17) is 21.1 Å². The van der Waals surface area contributed by atoms with Crippen LogP contribution in [0.15, 0.2) is 48.5 Å². The van der Waals surface area contributed by atoms with Crippen LogP contribution >= 0.6 is 11.6 Å². The third-order valence-electron chi connectivity index (χ3n) is 5.63. The molecule has 0 heterocycles. The van der Waals surface area contributed by atoms with Gasteiger partial charge in [-0.3, -0.25) is 0 Å². The molecule has 0 bridgehead atoms. The molecule has 0 aliphatic heterocycles. The highest BCUT2D eigenvalue weighted by Crippen LogP contribution is 2.17. The number of hydrogen-bond acceptors (Lipinski definition) is 4. The topological polar surface area (TPSA) is 88.1 Å². The fourth-order valence-corrected chi connectivity index (χ4v) is 3.62. The number of rotatable bonds is 14. The van der Waals surface area contributed by atoms with Crippen molar-refractivity contribution in [3.05, 3.63) is 59.1 Å². The van der Waals surface area contributed by atoms with Crippen molar-refractivity contribution >= 4 is 29.3 Å². The summed E-state index contributed by atoms with van der Waals surface area (Å²) in [4.78, 5) is 26.0. The average molecular weight is 491 g/mol. The Morgan fingerprint density at radius 2 is 1.68 bits per heavy atom. The van der Waals surface area contributed by atoms with Gasteiger partial charge < -0.3 is 24.8 Å². The van der Waals surface area contributed by atoms with Crippen LogP contribution in [0.2, 0.25) is 5.02 Å². The fourth-order valence-electron chi connectivity index (χ4n) is 3.50. The minimum Gasteiger partial charge on any atom is -0.492 e. The van der Waals surface area contributed by atoms with Crippen molar-refractivity contribution < 1.29 is 24.2 Å². The predicted octanol–water partition coefficient (Wildman–Crippen LogP) is 5.72. The van der Waals surface area contributed by atoms with Crippen LogP contribution in [0.4, 0.5) is 10.5 Å². The lowest BCUT2D eigenvalue weighted by molar-refractivity contribution is -0.149. The number of nitrogens with zero attached hydrogens (tertiary/aromatic N) is 1. The van der Waals surface area contributed by atoms with E-state index in [9.17, 15) is 14.7 Å². The number of benzene rings is 2. The number of anilines is 1. The molecule has 0 saturated heterocycles. The zero-order valence-corrected chi connectivity index (χ0v) is 20.9. The molecule has 2 aromatic carbocycles. The van der Waals surface area contributed by atoms with Gasteiger partial charge >= 0.3 is 12.0 Å². The van der Waals surface area contributed by atoms with Gasteiger partial charge in [0.15, 0.2) is 6.10 Å². The van der Waals surface area contributed by atoms with Crippen LogP contribution in [-0.4, -0.2) is 54.4 Å². The second kappa shape index (κ2) is 14.5. The molecule has 2 amide bonds. The summed E-state index contributed by atoms with van der Waals surface area (Å²) in [5.41, 5.74) is 1.54. The normalized spacial score (nSPS) is 11.8. The van der Waals surface area contributed by atoms with E-state index in [1.165, 1.54) is 0 Å². The number of carbonyl (C=O) groups is 2. The second-order valence-electron chi connectivity index (χ2n) is 8.04. The van der Waals surface area contributed by atoms with Crippen molar-refractivity contribution in [1.29, 1.82) is 0 Å². The highest BCUT2D eigenvalue weighted by atomic mass is 35.5. The Morgan fingerprint density at radius 1 is 1.03 bits per heavy atom. The number of nitrogens with one attached hydrogen (secondary N) is 1. The number of ether oxygens (including phenoxy) is 2. The molecule has 0 aliphatic carbocycles. The molecule has 2 aromatic rings. The van der Waals surface area contributed by atoms with E-state index in [0.29, 0.717) is 48.7 Å². The molecule has 2 N–H and O–H groups in total. The van der Waals surface area contributed by atoms with Crippen molar-refractivity contribution in [3.8, 4) is 5.75 Å². The van der Waals surface area contributed by atoms with E-state index in [2.05, 4.69) is 19.2 Å². The molecule has 0 spiro atoms. The van der Waals surface area contributed by atoms with Gasteiger partial charge in [-0.25, -0.2) is 9.59 Å². The van der Waals surface area contributed by atoms with Crippen LogP contribution in [0.5, 0.6) is 5.75 Å². The average Bonchev–Trinajstić information content (AvgIpc) is 2.83. The Kier molecular flexibility index (Phi) is 11.7. The number of carboxylic acids is 1. The zero-order valence-electron chi connectivity index (χ0n) is 20.1. The number of halogens is 1. The molecule has 186 valence electrons. The maximum absolute atomic E-state index is 12.9. The number of hydrogen-bond donors (Lipinski definition) is 2. The summed E-state index contributed by atoms with van der Waals surface area (Å²) in [5.74, 6) is 0.0898. The lowest BCUT2D eigenvalue weighted by Crippen LogP contribution is -2.40. The molecular formula is C26H35ClN2O5. The first-order chi connectivity index (χ1) is 16.4. The molecule has 0 fully saturated rings. The number of aliphatic carboxylic acids is 1. The molecule has 0 saturated carbocycles. The monoisotopic (exact) mass is 490 g/mol. The molecule has 0 aromatic heterocycles. The fraction of sp³-hybridized carbons (Fsp3) is 0.462. The summed E-state index contributed by atoms with van der Waals surface area (Å²) in [7, 11) is 0. The van der Waals surface area contributed by atoms with Gasteiger partial charge in [-0.1, -0.05) is 50.4 Å². The molecule has 8 heteroatoms. The van der Waals surface area contributed by atoms with E-state index in [1.807, 2.05) is 12.1 Å². The summed E-state index contributed by atoms with van der Waals surface area (Å²) in [6.07, 6.45) is 1.40. The Labute approximate surface area is 207 Å². The second-order valence-corrected chi connectivity index (χ2v) is 8.48. The molecule has 2 rings (SSSR count). The van der Waals surface area contributed by atoms with Gasteiger partial charge in [-0.05, 0) is 54.8 Å². The molecule has 0 aliphatic rings. The molecule has 1 atom stereocenters. The highest BCUT2D eigenvalue weighted by Gasteiger charge is 2.19. The zero-order chi connectivity index (χ0) is 24.9. The number of carbonyl (C=O) groups excluding carboxylic acids is 1. The largest absolute Gasteiger partial charge is 0.492 e. The van der Waals surface area contributed by atoms with Crippen molar-refractivity contribution in [3.63, 3.8) is 0 Å². The van der Waals surface area contributed by atoms with Gasteiger partial charge in [0.25, 0.3) is 0 Å². The van der Waals surface area contributed by atoms with E-state index < -0.39 is 12.1 Å². The minimum absolute atomic E-state index is 0.177. The van der Waals surface area contributed by atoms with E-state index in [1.54, 1.807) is 48.2 Å². The lowest BCUT2D eigenvalue weighted by atomic mass is 10.0. The Morgan fingerprint density at radius 3 is 2.24 bits per heavy atom. The summed E-state index contributed by atoms with van der Waals surface area (Å²) in [6.45, 7) is 7.78. The predicted molar refractivity (Wildman–Crippen MR) is 135 cm³/mol. The van der Waals surface area contributed by atoms with Crippen molar-refractivity contribution in [2.24, 2.45) is 5.92 Å². The SMILES string of the molecule is CCOC(Cc1ccc(OCCN(CC(CC)CC)C(=O)Nc2ccc(Cl)cc2)cc1)C(=O)O. The van der Waals surface area contributed by atoms with Crippen LogP contribution in [-0.2, 0) is 16.0 Å². The van der Waals surface area contributed by atoms with Gasteiger partial charge in [-0.15, -0.1) is 0 Å². The standard InChI is InChI=1S/C26H35ClN2O5/c1-4-19(5-2)18-29(26(32)28-22-11-9-21(27)10-12-22)15-16-34-23-13-7-20(8-14-23)17-24(25(30)31)33-6-3/h7-14,19,24H,4-6,15-18H2,1-3H3,(H,28,32)(H,30,31). The molecule has 7 nitrogen and oxygen atoms in total. The highest BCUT2D eigenvalue weighted by molar-refractivity contribution is 6.30. The van der Waals surface area contributed by atoms with E-state index >= 15 is 0 Å². The Bertz CT molecular complexity index is 885. The van der Waals surface area contributed by atoms with Crippen LogP contribution in [0.3, 0.4) is 0 Å². The van der Waals surface area contributed by atoms with Gasteiger partial charge in [0.05, 0.1) is 6.54 Å². The summed E-state index contributed by atoms with van der Waals surface area (Å²) < 4.78 is 11.1. The van der Waals surface area contributed by atoms with Crippen LogP contribution in [0.1, 0.15) is 39.2 Å². The van der Waals surface area contributed by atoms with Gasteiger partial charge in [0.1, 0.15) is 12.4 Å². The maximum atomic E-state index is 12.9. The third kappa shape index (κ3) is 9.23. The van der Waals surface area contributed by atoms with Crippen molar-refractivity contribution in [2.75, 3.05) is 31.6 Å². The first-order valence-corrected chi connectivity index (χ1v) is 12.1. The minimum atomic E-state index is -0.975.